The molecule has 1 aliphatic rings. The number of hydrogen-bond donors (Lipinski definition) is 0. The molecule has 8 aromatic rings. The lowest BCUT2D eigenvalue weighted by molar-refractivity contribution is 0.945. The maximum absolute atomic E-state index is 5.35. The Morgan fingerprint density at radius 2 is 1.24 bits per heavy atom. The Bertz CT molecular complexity index is 2450. The number of anilines is 2. The molecule has 0 atom stereocenters. The lowest BCUT2D eigenvalue weighted by Gasteiger charge is -2.31. The summed E-state index contributed by atoms with van der Waals surface area (Å²) in [6.07, 6.45) is 1.66. The van der Waals surface area contributed by atoms with Gasteiger partial charge in [0.2, 0.25) is 0 Å². The van der Waals surface area contributed by atoms with Gasteiger partial charge in [-0.3, -0.25) is 4.99 Å². The normalized spacial score (nSPS) is 12.8. The summed E-state index contributed by atoms with van der Waals surface area (Å²) in [7, 11) is 0. The van der Waals surface area contributed by atoms with E-state index in [-0.39, 0.29) is 0 Å². The van der Waals surface area contributed by atoms with Gasteiger partial charge >= 0.3 is 0 Å². The van der Waals surface area contributed by atoms with Gasteiger partial charge in [-0.15, -0.1) is 0 Å². The molecule has 0 saturated carbocycles. The van der Waals surface area contributed by atoms with Gasteiger partial charge in [0.15, 0.2) is 0 Å². The van der Waals surface area contributed by atoms with Gasteiger partial charge in [0, 0.05) is 38.4 Å². The molecule has 1 aliphatic heterocycles. The Morgan fingerprint density at radius 1 is 0.522 bits per heavy atom. The van der Waals surface area contributed by atoms with Crippen LogP contribution in [-0.4, -0.2) is 27.3 Å². The SMILES string of the molecule is c1ccc(C2=NCN(c3cccc(-c4cc5c(-c6ccccc6)ncnc5c5ccccc45)n3)c3c2ccc2ccccc32)cc1. The van der Waals surface area contributed by atoms with Crippen LogP contribution in [-0.2, 0) is 0 Å². The molecule has 0 saturated heterocycles. The molecule has 0 radical (unpaired) electrons. The molecular formula is C41H27N5. The minimum absolute atomic E-state index is 0.464. The van der Waals surface area contributed by atoms with Gasteiger partial charge in [-0.25, -0.2) is 15.0 Å². The van der Waals surface area contributed by atoms with Crippen LogP contribution in [0.3, 0.4) is 0 Å². The number of hydrogen-bond acceptors (Lipinski definition) is 5. The van der Waals surface area contributed by atoms with E-state index < -0.39 is 0 Å². The van der Waals surface area contributed by atoms with Crippen molar-refractivity contribution in [3.8, 4) is 22.5 Å². The Kier molecular flexibility index (Phi) is 6.13. The van der Waals surface area contributed by atoms with Crippen LogP contribution in [0.25, 0.3) is 55.0 Å². The van der Waals surface area contributed by atoms with E-state index in [0.717, 1.165) is 72.5 Å². The predicted octanol–water partition coefficient (Wildman–Crippen LogP) is 9.61. The van der Waals surface area contributed by atoms with Gasteiger partial charge in [-0.1, -0.05) is 127 Å². The van der Waals surface area contributed by atoms with Crippen molar-refractivity contribution in [1.29, 1.82) is 0 Å². The fourth-order valence-corrected chi connectivity index (χ4v) is 6.72. The summed E-state index contributed by atoms with van der Waals surface area (Å²) < 4.78 is 0. The predicted molar refractivity (Wildman–Crippen MR) is 189 cm³/mol. The van der Waals surface area contributed by atoms with E-state index in [2.05, 4.69) is 126 Å². The van der Waals surface area contributed by atoms with Gasteiger partial charge in [0.05, 0.1) is 28.3 Å². The molecule has 0 aliphatic carbocycles. The smallest absolute Gasteiger partial charge is 0.135 e. The van der Waals surface area contributed by atoms with E-state index >= 15 is 0 Å². The zero-order valence-corrected chi connectivity index (χ0v) is 24.9. The number of aromatic nitrogens is 3. The Balaban J connectivity index is 1.25. The topological polar surface area (TPSA) is 54.3 Å². The summed E-state index contributed by atoms with van der Waals surface area (Å²) in [5.41, 5.74) is 9.17. The van der Waals surface area contributed by atoms with E-state index in [1.54, 1.807) is 6.33 Å². The summed E-state index contributed by atoms with van der Waals surface area (Å²) in [4.78, 5) is 22.2. The largest absolute Gasteiger partial charge is 0.305 e. The van der Waals surface area contributed by atoms with Crippen molar-refractivity contribution in [3.05, 3.63) is 163 Å². The second kappa shape index (κ2) is 10.8. The zero-order valence-electron chi connectivity index (χ0n) is 24.9. The van der Waals surface area contributed by atoms with Crippen LogP contribution in [0.4, 0.5) is 11.5 Å². The van der Waals surface area contributed by atoms with Crippen molar-refractivity contribution in [2.75, 3.05) is 11.6 Å². The van der Waals surface area contributed by atoms with Gasteiger partial charge in [-0.05, 0) is 29.0 Å². The molecular weight excluding hydrogens is 562 g/mol. The molecule has 5 nitrogen and oxygen atoms in total. The summed E-state index contributed by atoms with van der Waals surface area (Å²) in [5.74, 6) is 0.850. The summed E-state index contributed by atoms with van der Waals surface area (Å²) in [5, 5.41) is 5.54. The first-order valence-corrected chi connectivity index (χ1v) is 15.4. The van der Waals surface area contributed by atoms with Gasteiger partial charge in [0.1, 0.15) is 18.8 Å². The number of aliphatic imine (C=N–C) groups is 1. The van der Waals surface area contributed by atoms with Crippen molar-refractivity contribution < 1.29 is 0 Å². The van der Waals surface area contributed by atoms with Crippen LogP contribution in [0.1, 0.15) is 11.1 Å². The molecule has 0 amide bonds. The van der Waals surface area contributed by atoms with Crippen LogP contribution < -0.4 is 4.90 Å². The molecule has 3 heterocycles. The highest BCUT2D eigenvalue weighted by atomic mass is 15.3. The standard InChI is InChI=1S/C41H27N5/c1-3-13-28(14-4-1)38-33-23-22-27-12-7-8-17-30(27)41(33)46(26-44-38)37-21-11-20-36(45-37)34-24-35-39(29-15-5-2-6-16-29)42-25-43-40(35)32-19-10-9-18-31(32)34/h1-25H,26H2. The third kappa shape index (κ3) is 4.25. The molecule has 0 fully saturated rings. The Hall–Kier alpha value is -6.20. The number of nitrogens with zero attached hydrogens (tertiary/aromatic N) is 5. The minimum atomic E-state index is 0.464. The van der Waals surface area contributed by atoms with Crippen LogP contribution >= 0.6 is 0 Å². The Labute approximate surface area is 266 Å². The van der Waals surface area contributed by atoms with Crippen LogP contribution in [0.5, 0.6) is 0 Å². The summed E-state index contributed by atoms with van der Waals surface area (Å²) in [6.45, 7) is 0.464. The van der Waals surface area contributed by atoms with E-state index in [9.17, 15) is 0 Å². The van der Waals surface area contributed by atoms with Crippen molar-refractivity contribution in [3.63, 3.8) is 0 Å². The monoisotopic (exact) mass is 589 g/mol. The Morgan fingerprint density at radius 3 is 2.07 bits per heavy atom. The maximum Gasteiger partial charge on any atom is 0.135 e. The molecule has 5 heteroatoms. The van der Waals surface area contributed by atoms with Crippen LogP contribution in [0, 0.1) is 0 Å². The zero-order chi connectivity index (χ0) is 30.5. The average molecular weight is 590 g/mol. The quantitative estimate of drug-likeness (QED) is 0.192. The fourth-order valence-electron chi connectivity index (χ4n) is 6.72. The van der Waals surface area contributed by atoms with E-state index in [4.69, 9.17) is 19.9 Å². The third-order valence-corrected chi connectivity index (χ3v) is 8.82. The molecule has 46 heavy (non-hydrogen) atoms. The molecule has 0 bridgehead atoms. The second-order valence-corrected chi connectivity index (χ2v) is 11.5. The first-order valence-electron chi connectivity index (χ1n) is 15.4. The van der Waals surface area contributed by atoms with Crippen molar-refractivity contribution in [2.24, 2.45) is 4.99 Å². The molecule has 6 aromatic carbocycles. The minimum Gasteiger partial charge on any atom is -0.305 e. The molecule has 0 unspecified atom stereocenters. The van der Waals surface area contributed by atoms with Crippen molar-refractivity contribution >= 4 is 49.7 Å². The average Bonchev–Trinajstić information content (AvgIpc) is 3.14. The van der Waals surface area contributed by atoms with Gasteiger partial charge < -0.3 is 4.90 Å². The fraction of sp³-hybridized carbons (Fsp3) is 0.0244. The maximum atomic E-state index is 5.35. The molecule has 2 aromatic heterocycles. The van der Waals surface area contributed by atoms with Crippen LogP contribution in [0.15, 0.2) is 157 Å². The van der Waals surface area contributed by atoms with Crippen LogP contribution in [0.2, 0.25) is 0 Å². The third-order valence-electron chi connectivity index (χ3n) is 8.82. The number of fused-ring (bicyclic) bond motifs is 6. The van der Waals surface area contributed by atoms with E-state index in [0.29, 0.717) is 6.67 Å². The van der Waals surface area contributed by atoms with Gasteiger partial charge in [-0.2, -0.15) is 0 Å². The summed E-state index contributed by atoms with van der Waals surface area (Å²) >= 11 is 0. The highest BCUT2D eigenvalue weighted by Gasteiger charge is 2.26. The molecule has 0 N–H and O–H groups in total. The van der Waals surface area contributed by atoms with E-state index in [1.807, 2.05) is 24.3 Å². The highest BCUT2D eigenvalue weighted by Crippen LogP contribution is 2.41. The first-order chi connectivity index (χ1) is 22.8. The number of rotatable bonds is 4. The lowest BCUT2D eigenvalue weighted by Crippen LogP contribution is -2.27. The highest BCUT2D eigenvalue weighted by molar-refractivity contribution is 6.21. The second-order valence-electron chi connectivity index (χ2n) is 11.5. The molecule has 9 rings (SSSR count). The lowest BCUT2D eigenvalue weighted by atomic mass is 9.94. The molecule has 216 valence electrons. The van der Waals surface area contributed by atoms with Crippen molar-refractivity contribution in [2.45, 2.75) is 0 Å². The molecule has 0 spiro atoms. The number of benzene rings is 6. The van der Waals surface area contributed by atoms with E-state index in [1.165, 1.54) is 10.8 Å². The van der Waals surface area contributed by atoms with Crippen molar-refractivity contribution in [1.82, 2.24) is 15.0 Å². The summed E-state index contributed by atoms with van der Waals surface area (Å²) in [6, 6.07) is 50.6. The first kappa shape index (κ1) is 26.2. The van der Waals surface area contributed by atoms with Gasteiger partial charge in [0.25, 0.3) is 0 Å². The number of pyridine rings is 1.